The van der Waals surface area contributed by atoms with E-state index in [1.165, 1.54) is 12.4 Å². The SMILES string of the molecule is Cl.NS(=O)(=O)c1ncc[nH]1. The van der Waals surface area contributed by atoms with Crippen LogP contribution >= 0.6 is 12.4 Å². The molecule has 0 aromatic carbocycles. The molecule has 0 radical (unpaired) electrons. The maximum Gasteiger partial charge on any atom is 0.271 e. The van der Waals surface area contributed by atoms with Gasteiger partial charge >= 0.3 is 0 Å². The van der Waals surface area contributed by atoms with E-state index in [2.05, 4.69) is 15.1 Å². The first-order chi connectivity index (χ1) is 4.11. The molecule has 0 aliphatic rings. The number of imidazole rings is 1. The molecular formula is C3H6ClN3O2S. The van der Waals surface area contributed by atoms with Crippen molar-refractivity contribution in [3.8, 4) is 0 Å². The van der Waals surface area contributed by atoms with Crippen LogP contribution in [0.3, 0.4) is 0 Å². The molecule has 10 heavy (non-hydrogen) atoms. The normalized spacial score (nSPS) is 10.5. The number of sulfonamides is 1. The van der Waals surface area contributed by atoms with Crippen LogP contribution in [0.15, 0.2) is 17.6 Å². The molecule has 0 amide bonds. The van der Waals surface area contributed by atoms with Crippen molar-refractivity contribution in [3.05, 3.63) is 12.4 Å². The van der Waals surface area contributed by atoms with Crippen LogP contribution in [0.2, 0.25) is 0 Å². The number of hydrogen-bond donors (Lipinski definition) is 2. The van der Waals surface area contributed by atoms with E-state index in [0.29, 0.717) is 0 Å². The molecule has 0 saturated heterocycles. The van der Waals surface area contributed by atoms with Gasteiger partial charge in [0, 0.05) is 12.4 Å². The standard InChI is InChI=1S/C3H5N3O2S.ClH/c4-9(7,8)3-5-1-2-6-3;/h1-2H,(H,5,6)(H2,4,7,8);1H. The quantitative estimate of drug-likeness (QED) is 0.614. The average Bonchev–Trinajstić information content (AvgIpc) is 2.08. The van der Waals surface area contributed by atoms with Gasteiger partial charge in [0.1, 0.15) is 0 Å². The summed E-state index contributed by atoms with van der Waals surface area (Å²) in [6, 6.07) is 0. The summed E-state index contributed by atoms with van der Waals surface area (Å²) in [5.41, 5.74) is 0. The number of nitrogens with zero attached hydrogens (tertiary/aromatic N) is 1. The summed E-state index contributed by atoms with van der Waals surface area (Å²) in [5.74, 6) is 0. The molecule has 58 valence electrons. The highest BCUT2D eigenvalue weighted by atomic mass is 35.5. The first-order valence-electron chi connectivity index (χ1n) is 2.13. The second-order valence-electron chi connectivity index (χ2n) is 1.44. The van der Waals surface area contributed by atoms with Gasteiger partial charge in [-0.1, -0.05) is 0 Å². The van der Waals surface area contributed by atoms with Crippen molar-refractivity contribution in [2.45, 2.75) is 5.16 Å². The largest absolute Gasteiger partial charge is 0.334 e. The molecule has 0 atom stereocenters. The zero-order valence-corrected chi connectivity index (χ0v) is 6.45. The Hall–Kier alpha value is -0.590. The van der Waals surface area contributed by atoms with Crippen LogP contribution in [0.5, 0.6) is 0 Å². The number of halogens is 1. The highest BCUT2D eigenvalue weighted by molar-refractivity contribution is 7.89. The van der Waals surface area contributed by atoms with Crippen LogP contribution in [0.25, 0.3) is 0 Å². The van der Waals surface area contributed by atoms with Gasteiger partial charge in [0.2, 0.25) is 5.16 Å². The number of nitrogens with one attached hydrogen (secondary N) is 1. The molecule has 1 heterocycles. The van der Waals surface area contributed by atoms with E-state index >= 15 is 0 Å². The first-order valence-corrected chi connectivity index (χ1v) is 3.67. The van der Waals surface area contributed by atoms with Gasteiger partial charge in [-0.05, 0) is 0 Å². The number of primary sulfonamides is 1. The van der Waals surface area contributed by atoms with E-state index in [4.69, 9.17) is 0 Å². The van der Waals surface area contributed by atoms with Crippen molar-refractivity contribution in [3.63, 3.8) is 0 Å². The number of H-pyrrole nitrogens is 1. The summed E-state index contributed by atoms with van der Waals surface area (Å²) in [4.78, 5) is 5.77. The van der Waals surface area contributed by atoms with Crippen molar-refractivity contribution in [1.29, 1.82) is 0 Å². The molecule has 0 saturated carbocycles. The Balaban J connectivity index is 0.000000810. The Bertz CT molecular complexity index is 279. The number of hydrogen-bond acceptors (Lipinski definition) is 3. The van der Waals surface area contributed by atoms with Crippen LogP contribution in [-0.2, 0) is 10.0 Å². The summed E-state index contributed by atoms with van der Waals surface area (Å²) in [6.45, 7) is 0. The third kappa shape index (κ3) is 1.98. The zero-order valence-electron chi connectivity index (χ0n) is 4.81. The van der Waals surface area contributed by atoms with Gasteiger partial charge in [-0.25, -0.2) is 18.5 Å². The van der Waals surface area contributed by atoms with E-state index in [1.54, 1.807) is 0 Å². The van der Waals surface area contributed by atoms with Gasteiger partial charge in [-0.3, -0.25) is 0 Å². The lowest BCUT2D eigenvalue weighted by Crippen LogP contribution is -2.13. The van der Waals surface area contributed by atoms with Gasteiger partial charge in [-0.15, -0.1) is 12.4 Å². The summed E-state index contributed by atoms with van der Waals surface area (Å²) in [6.07, 6.45) is 2.71. The Morgan fingerprint density at radius 3 is 2.40 bits per heavy atom. The number of aromatic nitrogens is 2. The van der Waals surface area contributed by atoms with Crippen LogP contribution in [-0.4, -0.2) is 18.4 Å². The monoisotopic (exact) mass is 183 g/mol. The minimum Gasteiger partial charge on any atom is -0.334 e. The van der Waals surface area contributed by atoms with Crippen molar-refractivity contribution >= 4 is 22.4 Å². The van der Waals surface area contributed by atoms with Gasteiger partial charge < -0.3 is 4.98 Å². The minimum absolute atomic E-state index is 0. The smallest absolute Gasteiger partial charge is 0.271 e. The molecule has 0 aliphatic heterocycles. The van der Waals surface area contributed by atoms with E-state index in [-0.39, 0.29) is 17.6 Å². The summed E-state index contributed by atoms with van der Waals surface area (Å²) in [5, 5.41) is 4.47. The average molecular weight is 184 g/mol. The molecule has 1 aromatic rings. The fraction of sp³-hybridized carbons (Fsp3) is 0. The molecule has 1 aromatic heterocycles. The second kappa shape index (κ2) is 3.00. The van der Waals surface area contributed by atoms with Gasteiger partial charge in [0.25, 0.3) is 10.0 Å². The Kier molecular flexibility index (Phi) is 2.82. The number of rotatable bonds is 1. The molecule has 0 spiro atoms. The molecule has 0 bridgehead atoms. The highest BCUT2D eigenvalue weighted by Crippen LogP contribution is 1.93. The lowest BCUT2D eigenvalue weighted by molar-refractivity contribution is 0.590. The fourth-order valence-corrected chi connectivity index (χ4v) is 0.846. The molecule has 5 nitrogen and oxygen atoms in total. The molecule has 7 heteroatoms. The van der Waals surface area contributed by atoms with E-state index in [1.807, 2.05) is 0 Å². The Morgan fingerprint density at radius 2 is 2.20 bits per heavy atom. The Morgan fingerprint density at radius 1 is 1.60 bits per heavy atom. The van der Waals surface area contributed by atoms with Gasteiger partial charge in [0.05, 0.1) is 0 Å². The fourth-order valence-electron chi connectivity index (χ4n) is 0.406. The lowest BCUT2D eigenvalue weighted by atomic mass is 11.0. The minimum atomic E-state index is -3.63. The van der Waals surface area contributed by atoms with Gasteiger partial charge in [-0.2, -0.15) is 0 Å². The van der Waals surface area contributed by atoms with Crippen molar-refractivity contribution in [2.24, 2.45) is 5.14 Å². The maximum atomic E-state index is 10.4. The highest BCUT2D eigenvalue weighted by Gasteiger charge is 2.07. The topological polar surface area (TPSA) is 88.8 Å². The predicted octanol–water partition coefficient (Wildman–Crippen LogP) is -0.521. The second-order valence-corrected chi connectivity index (χ2v) is 2.92. The third-order valence-corrected chi connectivity index (χ3v) is 1.50. The maximum absolute atomic E-state index is 10.4. The predicted molar refractivity (Wildman–Crippen MR) is 37.2 cm³/mol. The molecule has 0 unspecified atom stereocenters. The summed E-state index contributed by atoms with van der Waals surface area (Å²) in [7, 11) is -3.63. The Labute approximate surface area is 64.1 Å². The zero-order chi connectivity index (χ0) is 6.91. The van der Waals surface area contributed by atoms with E-state index in [0.717, 1.165) is 0 Å². The van der Waals surface area contributed by atoms with E-state index in [9.17, 15) is 8.42 Å². The molecule has 1 rings (SSSR count). The van der Waals surface area contributed by atoms with E-state index < -0.39 is 10.0 Å². The van der Waals surface area contributed by atoms with Crippen LogP contribution in [0.4, 0.5) is 0 Å². The van der Waals surface area contributed by atoms with Crippen molar-refractivity contribution < 1.29 is 8.42 Å². The molecular weight excluding hydrogens is 178 g/mol. The van der Waals surface area contributed by atoms with Crippen molar-refractivity contribution in [2.75, 3.05) is 0 Å². The lowest BCUT2D eigenvalue weighted by Gasteiger charge is -1.86. The molecule has 0 aliphatic carbocycles. The van der Waals surface area contributed by atoms with Crippen LogP contribution < -0.4 is 5.14 Å². The van der Waals surface area contributed by atoms with Crippen molar-refractivity contribution in [1.82, 2.24) is 9.97 Å². The molecule has 0 fully saturated rings. The first kappa shape index (κ1) is 9.41. The van der Waals surface area contributed by atoms with Gasteiger partial charge in [0.15, 0.2) is 0 Å². The number of aromatic amines is 1. The van der Waals surface area contributed by atoms with Crippen LogP contribution in [0, 0.1) is 0 Å². The number of nitrogens with two attached hydrogens (primary N) is 1. The summed E-state index contributed by atoms with van der Waals surface area (Å²) < 4.78 is 20.8. The summed E-state index contributed by atoms with van der Waals surface area (Å²) >= 11 is 0. The molecule has 3 N–H and O–H groups in total. The third-order valence-electron chi connectivity index (χ3n) is 0.743. The van der Waals surface area contributed by atoms with Crippen LogP contribution in [0.1, 0.15) is 0 Å².